The molecule has 0 N–H and O–H groups in total. The van der Waals surface area contributed by atoms with Crippen molar-refractivity contribution in [2.24, 2.45) is 0 Å². The summed E-state index contributed by atoms with van der Waals surface area (Å²) < 4.78 is 1.90. The quantitative estimate of drug-likeness (QED) is 0.590. The van der Waals surface area contributed by atoms with E-state index in [1.165, 1.54) is 0 Å². The molecule has 0 saturated heterocycles. The van der Waals surface area contributed by atoms with Gasteiger partial charge in [0.25, 0.3) is 0 Å². The lowest BCUT2D eigenvalue weighted by Gasteiger charge is -1.96. The van der Waals surface area contributed by atoms with Gasteiger partial charge in [-0.1, -0.05) is 12.1 Å². The van der Waals surface area contributed by atoms with Crippen molar-refractivity contribution in [1.82, 2.24) is 15.0 Å². The fourth-order valence-electron chi connectivity index (χ4n) is 0.742. The minimum absolute atomic E-state index is 0.978. The maximum absolute atomic E-state index is 3.87. The van der Waals surface area contributed by atoms with E-state index in [1.807, 2.05) is 11.6 Å². The van der Waals surface area contributed by atoms with Crippen LogP contribution in [0.4, 0.5) is 0 Å². The number of hydrogen-bond donors (Lipinski definition) is 0. The Bertz CT molecular complexity index is 180. The molecule has 0 aromatic carbocycles. The fourth-order valence-corrected chi connectivity index (χ4v) is 0.742. The predicted molar refractivity (Wildman–Crippen MR) is 35.0 cm³/mol. The van der Waals surface area contributed by atoms with Crippen molar-refractivity contribution in [3.05, 3.63) is 11.9 Å². The van der Waals surface area contributed by atoms with Crippen molar-refractivity contribution >= 4 is 0 Å². The smallest absolute Gasteiger partial charge is 0.0722 e. The maximum atomic E-state index is 3.87. The summed E-state index contributed by atoms with van der Waals surface area (Å²) in [5.41, 5.74) is 1.14. The van der Waals surface area contributed by atoms with Gasteiger partial charge in [0, 0.05) is 6.54 Å². The molecule has 1 aromatic rings. The maximum Gasteiger partial charge on any atom is 0.0722 e. The number of rotatable bonds is 2. The molecule has 0 atom stereocenters. The Morgan fingerprint density at radius 3 is 2.89 bits per heavy atom. The monoisotopic (exact) mass is 125 g/mol. The van der Waals surface area contributed by atoms with E-state index in [4.69, 9.17) is 0 Å². The van der Waals surface area contributed by atoms with Gasteiger partial charge < -0.3 is 0 Å². The first-order valence-electron chi connectivity index (χ1n) is 3.19. The Morgan fingerprint density at radius 2 is 2.44 bits per heavy atom. The summed E-state index contributed by atoms with van der Waals surface area (Å²) in [5.74, 6) is 0. The molecule has 9 heavy (non-hydrogen) atoms. The van der Waals surface area contributed by atoms with Gasteiger partial charge in [-0.25, -0.2) is 4.68 Å². The van der Waals surface area contributed by atoms with Crippen LogP contribution in [-0.2, 0) is 6.54 Å². The Balaban J connectivity index is 2.69. The van der Waals surface area contributed by atoms with Gasteiger partial charge in [0.15, 0.2) is 0 Å². The van der Waals surface area contributed by atoms with Gasteiger partial charge in [-0.2, -0.15) is 0 Å². The van der Waals surface area contributed by atoms with Crippen LogP contribution in [0.2, 0.25) is 0 Å². The standard InChI is InChI=1S/C6H11N3/c1-3-4-9-6(2)5-7-8-9/h5H,3-4H2,1-2H3. The lowest BCUT2D eigenvalue weighted by molar-refractivity contribution is 0.566. The van der Waals surface area contributed by atoms with Gasteiger partial charge in [-0.15, -0.1) is 5.10 Å². The Morgan fingerprint density at radius 1 is 1.67 bits per heavy atom. The average molecular weight is 125 g/mol. The highest BCUT2D eigenvalue weighted by Crippen LogP contribution is 1.93. The predicted octanol–water partition coefficient (Wildman–Crippen LogP) is 0.997. The molecule has 3 heteroatoms. The van der Waals surface area contributed by atoms with Crippen LogP contribution in [0.1, 0.15) is 19.0 Å². The van der Waals surface area contributed by atoms with Crippen LogP contribution in [0.15, 0.2) is 6.20 Å². The largest absolute Gasteiger partial charge is 0.250 e. The van der Waals surface area contributed by atoms with Gasteiger partial charge >= 0.3 is 0 Å². The second-order valence-electron chi connectivity index (χ2n) is 2.10. The SMILES string of the molecule is CCCn1nncc1C. The summed E-state index contributed by atoms with van der Waals surface area (Å²) in [6.45, 7) is 5.11. The molecule has 0 radical (unpaired) electrons. The Kier molecular flexibility index (Phi) is 1.82. The Labute approximate surface area is 54.7 Å². The summed E-state index contributed by atoms with van der Waals surface area (Å²) in [5, 5.41) is 7.63. The number of aromatic nitrogens is 3. The van der Waals surface area contributed by atoms with Crippen molar-refractivity contribution in [3.63, 3.8) is 0 Å². The molecule has 0 aliphatic rings. The van der Waals surface area contributed by atoms with E-state index in [9.17, 15) is 0 Å². The second-order valence-corrected chi connectivity index (χ2v) is 2.10. The first kappa shape index (κ1) is 6.26. The molecule has 0 aliphatic heterocycles. The van der Waals surface area contributed by atoms with Crippen LogP contribution < -0.4 is 0 Å². The topological polar surface area (TPSA) is 30.7 Å². The lowest BCUT2D eigenvalue weighted by atomic mass is 10.4. The first-order valence-corrected chi connectivity index (χ1v) is 3.19. The van der Waals surface area contributed by atoms with Gasteiger partial charge in [0.05, 0.1) is 11.9 Å². The van der Waals surface area contributed by atoms with E-state index in [2.05, 4.69) is 17.2 Å². The van der Waals surface area contributed by atoms with Gasteiger partial charge in [0.2, 0.25) is 0 Å². The van der Waals surface area contributed by atoms with Crippen LogP contribution in [-0.4, -0.2) is 15.0 Å². The molecule has 0 aliphatic carbocycles. The third kappa shape index (κ3) is 1.28. The molecular formula is C6H11N3. The summed E-state index contributed by atoms with van der Waals surface area (Å²) in [6, 6.07) is 0. The van der Waals surface area contributed by atoms with Crippen molar-refractivity contribution < 1.29 is 0 Å². The zero-order valence-electron chi connectivity index (χ0n) is 5.83. The fraction of sp³-hybridized carbons (Fsp3) is 0.667. The molecule has 3 nitrogen and oxygen atoms in total. The summed E-state index contributed by atoms with van der Waals surface area (Å²) in [4.78, 5) is 0. The Hall–Kier alpha value is -0.860. The third-order valence-corrected chi connectivity index (χ3v) is 1.25. The van der Waals surface area contributed by atoms with Crippen molar-refractivity contribution in [3.8, 4) is 0 Å². The van der Waals surface area contributed by atoms with E-state index in [1.54, 1.807) is 6.20 Å². The number of hydrogen-bond acceptors (Lipinski definition) is 2. The van der Waals surface area contributed by atoms with Gasteiger partial charge in [0.1, 0.15) is 0 Å². The minimum Gasteiger partial charge on any atom is -0.250 e. The van der Waals surface area contributed by atoms with Gasteiger partial charge in [-0.05, 0) is 13.3 Å². The number of aryl methyl sites for hydroxylation is 2. The molecule has 1 rings (SSSR count). The molecule has 0 bridgehead atoms. The molecule has 0 fully saturated rings. The van der Waals surface area contributed by atoms with Crippen LogP contribution in [0.25, 0.3) is 0 Å². The minimum atomic E-state index is 0.978. The van der Waals surface area contributed by atoms with Crippen molar-refractivity contribution in [1.29, 1.82) is 0 Å². The highest BCUT2D eigenvalue weighted by molar-refractivity contribution is 4.87. The van der Waals surface area contributed by atoms with E-state index in [0.29, 0.717) is 0 Å². The molecule has 0 spiro atoms. The van der Waals surface area contributed by atoms with E-state index in [0.717, 1.165) is 18.7 Å². The third-order valence-electron chi connectivity index (χ3n) is 1.25. The highest BCUT2D eigenvalue weighted by atomic mass is 15.4. The molecule has 50 valence electrons. The van der Waals surface area contributed by atoms with Crippen LogP contribution in [0, 0.1) is 6.92 Å². The zero-order chi connectivity index (χ0) is 6.69. The van der Waals surface area contributed by atoms with E-state index in [-0.39, 0.29) is 0 Å². The summed E-state index contributed by atoms with van der Waals surface area (Å²) >= 11 is 0. The highest BCUT2D eigenvalue weighted by Gasteiger charge is 1.93. The van der Waals surface area contributed by atoms with E-state index < -0.39 is 0 Å². The lowest BCUT2D eigenvalue weighted by Crippen LogP contribution is -2.00. The molecular weight excluding hydrogens is 114 g/mol. The summed E-state index contributed by atoms with van der Waals surface area (Å²) in [7, 11) is 0. The van der Waals surface area contributed by atoms with Crippen molar-refractivity contribution in [2.75, 3.05) is 0 Å². The molecule has 0 saturated carbocycles. The normalized spacial score (nSPS) is 10.0. The molecule has 1 aromatic heterocycles. The van der Waals surface area contributed by atoms with Crippen LogP contribution >= 0.6 is 0 Å². The van der Waals surface area contributed by atoms with Gasteiger partial charge in [-0.3, -0.25) is 0 Å². The number of nitrogens with zero attached hydrogens (tertiary/aromatic N) is 3. The summed E-state index contributed by atoms with van der Waals surface area (Å²) in [6.07, 6.45) is 2.89. The first-order chi connectivity index (χ1) is 4.34. The van der Waals surface area contributed by atoms with Crippen LogP contribution in [0.5, 0.6) is 0 Å². The van der Waals surface area contributed by atoms with E-state index >= 15 is 0 Å². The average Bonchev–Trinajstić information content (AvgIpc) is 2.18. The zero-order valence-corrected chi connectivity index (χ0v) is 5.83. The van der Waals surface area contributed by atoms with Crippen molar-refractivity contribution in [2.45, 2.75) is 26.8 Å². The molecule has 0 amide bonds. The molecule has 0 unspecified atom stereocenters. The molecule has 1 heterocycles. The second kappa shape index (κ2) is 2.62. The van der Waals surface area contributed by atoms with Crippen LogP contribution in [0.3, 0.4) is 0 Å².